The summed E-state index contributed by atoms with van der Waals surface area (Å²) in [4.78, 5) is 8.28. The van der Waals surface area contributed by atoms with Crippen molar-refractivity contribution in [1.29, 1.82) is 0 Å². The van der Waals surface area contributed by atoms with E-state index in [0.29, 0.717) is 32.0 Å². The van der Waals surface area contributed by atoms with Crippen LogP contribution in [0.4, 0.5) is 10.1 Å². The van der Waals surface area contributed by atoms with Gasteiger partial charge in [0.2, 0.25) is 10.0 Å². The van der Waals surface area contributed by atoms with Crippen molar-refractivity contribution >= 4 is 26.8 Å². The Bertz CT molecular complexity index is 1320. The number of hydrogen-bond acceptors (Lipinski definition) is 6. The molecule has 0 spiro atoms. The van der Waals surface area contributed by atoms with E-state index < -0.39 is 15.3 Å². The molecule has 3 aromatic rings. The Hall–Kier alpha value is -2.91. The van der Waals surface area contributed by atoms with Gasteiger partial charge in [-0.2, -0.15) is 0 Å². The fourth-order valence-corrected chi connectivity index (χ4v) is 6.87. The van der Waals surface area contributed by atoms with Gasteiger partial charge in [-0.3, -0.25) is 4.98 Å². The molecular formula is C25H29FN4O3S. The highest BCUT2D eigenvalue weighted by Gasteiger charge is 2.43. The number of pyridine rings is 1. The third kappa shape index (κ3) is 3.96. The first-order valence-electron chi connectivity index (χ1n) is 11.5. The molecule has 34 heavy (non-hydrogen) atoms. The molecule has 0 amide bonds. The fourth-order valence-electron chi connectivity index (χ4n) is 4.99. The molecule has 2 saturated heterocycles. The zero-order valence-corrected chi connectivity index (χ0v) is 20.3. The second-order valence-electron chi connectivity index (χ2n) is 9.19. The number of nitrogens with zero attached hydrogens (tertiary/aromatic N) is 4. The van der Waals surface area contributed by atoms with Crippen molar-refractivity contribution in [3.8, 4) is 0 Å². The maximum Gasteiger partial charge on any atom is 0.220 e. The second kappa shape index (κ2) is 8.70. The van der Waals surface area contributed by atoms with E-state index in [0.717, 1.165) is 40.8 Å². The summed E-state index contributed by atoms with van der Waals surface area (Å²) in [5.74, 6) is 0.670. The number of aromatic nitrogens is 1. The second-order valence-corrected chi connectivity index (χ2v) is 11.4. The molecule has 5 rings (SSSR count). The Morgan fingerprint density at radius 1 is 1.24 bits per heavy atom. The molecule has 0 radical (unpaired) electrons. The fraction of sp³-hybridized carbons (Fsp3) is 0.400. The van der Waals surface area contributed by atoms with Crippen molar-refractivity contribution in [2.24, 2.45) is 0 Å². The Labute approximate surface area is 199 Å². The van der Waals surface area contributed by atoms with Crippen LogP contribution in [0.2, 0.25) is 0 Å². The number of rotatable bonds is 6. The van der Waals surface area contributed by atoms with Crippen LogP contribution in [-0.2, 0) is 10.0 Å². The average molecular weight is 485 g/mol. The Kier molecular flexibility index (Phi) is 5.85. The molecule has 0 saturated carbocycles. The predicted molar refractivity (Wildman–Crippen MR) is 131 cm³/mol. The average Bonchev–Trinajstić information content (AvgIpc) is 3.22. The minimum absolute atomic E-state index is 0.243. The monoisotopic (exact) mass is 484 g/mol. The molecule has 0 atom stereocenters. The lowest BCUT2D eigenvalue weighted by atomic mass is 9.91. The molecule has 2 aliphatic rings. The summed E-state index contributed by atoms with van der Waals surface area (Å²) in [6.07, 6.45) is 5.02. The molecule has 2 aliphatic heterocycles. The summed E-state index contributed by atoms with van der Waals surface area (Å²) in [6.45, 7) is 7.80. The molecule has 4 heterocycles. The van der Waals surface area contributed by atoms with Crippen molar-refractivity contribution in [2.75, 3.05) is 38.1 Å². The summed E-state index contributed by atoms with van der Waals surface area (Å²) in [7, 11) is -1.52. The highest BCUT2D eigenvalue weighted by molar-refractivity contribution is 7.89. The number of likely N-dealkylation sites (tertiary alicyclic amines) is 1. The van der Waals surface area contributed by atoms with Crippen LogP contribution >= 0.6 is 0 Å². The smallest absolute Gasteiger partial charge is 0.220 e. The molecule has 2 aromatic heterocycles. The number of furan rings is 1. The van der Waals surface area contributed by atoms with E-state index in [-0.39, 0.29) is 11.7 Å². The number of hydrogen-bond donors (Lipinski definition) is 0. The van der Waals surface area contributed by atoms with Crippen LogP contribution in [-0.4, -0.2) is 61.1 Å². The lowest BCUT2D eigenvalue weighted by Gasteiger charge is -2.46. The van der Waals surface area contributed by atoms with Crippen LogP contribution in [0.1, 0.15) is 29.9 Å². The third-order valence-corrected chi connectivity index (χ3v) is 9.38. The highest BCUT2D eigenvalue weighted by Crippen LogP contribution is 2.36. The highest BCUT2D eigenvalue weighted by atomic mass is 32.2. The summed E-state index contributed by atoms with van der Waals surface area (Å²) in [5.41, 5.74) is 4.36. The molecule has 0 aliphatic carbocycles. The van der Waals surface area contributed by atoms with Gasteiger partial charge in [-0.1, -0.05) is 6.58 Å². The Morgan fingerprint density at radius 2 is 1.97 bits per heavy atom. The van der Waals surface area contributed by atoms with Gasteiger partial charge in [0.15, 0.2) is 5.58 Å². The zero-order valence-electron chi connectivity index (χ0n) is 19.4. The lowest BCUT2D eigenvalue weighted by Crippen LogP contribution is -2.59. The number of halogens is 1. The first-order chi connectivity index (χ1) is 16.3. The molecular weight excluding hydrogens is 455 g/mol. The number of aryl methyl sites for hydroxylation is 1. The van der Waals surface area contributed by atoms with Gasteiger partial charge in [-0.15, -0.1) is 0 Å². The molecule has 180 valence electrons. The molecule has 7 nitrogen and oxygen atoms in total. The minimum atomic E-state index is -3.39. The largest absolute Gasteiger partial charge is 0.462 e. The van der Waals surface area contributed by atoms with E-state index >= 15 is 0 Å². The predicted octanol–water partition coefficient (Wildman–Crippen LogP) is 4.08. The number of fused-ring (bicyclic) bond motifs is 1. The SMILES string of the molecule is C=C(N1CC(S(=O)(=O)N2CCC(c3coc4cccnc34)CC2)C1)N(C)c1ccc(F)cc1C. The van der Waals surface area contributed by atoms with Crippen molar-refractivity contribution < 1.29 is 17.2 Å². The van der Waals surface area contributed by atoms with E-state index in [1.807, 2.05) is 35.9 Å². The lowest BCUT2D eigenvalue weighted by molar-refractivity contribution is 0.224. The summed E-state index contributed by atoms with van der Waals surface area (Å²) in [5, 5.41) is -0.445. The van der Waals surface area contributed by atoms with E-state index in [9.17, 15) is 12.8 Å². The van der Waals surface area contributed by atoms with Gasteiger partial charge in [0, 0.05) is 50.7 Å². The van der Waals surface area contributed by atoms with E-state index in [4.69, 9.17) is 4.42 Å². The number of anilines is 1. The van der Waals surface area contributed by atoms with Crippen molar-refractivity contribution in [2.45, 2.75) is 30.9 Å². The quantitative estimate of drug-likeness (QED) is 0.525. The van der Waals surface area contributed by atoms with Crippen LogP contribution in [0.3, 0.4) is 0 Å². The van der Waals surface area contributed by atoms with Gasteiger partial charge < -0.3 is 14.2 Å². The van der Waals surface area contributed by atoms with Crippen LogP contribution in [0.15, 0.2) is 59.6 Å². The maximum atomic E-state index is 13.4. The maximum absolute atomic E-state index is 13.4. The van der Waals surface area contributed by atoms with Crippen molar-refractivity contribution in [3.05, 3.63) is 72.1 Å². The molecule has 9 heteroatoms. The van der Waals surface area contributed by atoms with E-state index in [2.05, 4.69) is 11.6 Å². The van der Waals surface area contributed by atoms with Gasteiger partial charge >= 0.3 is 0 Å². The number of piperidine rings is 1. The minimum Gasteiger partial charge on any atom is -0.462 e. The summed E-state index contributed by atoms with van der Waals surface area (Å²) < 4.78 is 47.2. The molecule has 1 aromatic carbocycles. The Balaban J connectivity index is 1.19. The summed E-state index contributed by atoms with van der Waals surface area (Å²) >= 11 is 0. The number of sulfonamides is 1. The van der Waals surface area contributed by atoms with Crippen LogP contribution in [0, 0.1) is 12.7 Å². The van der Waals surface area contributed by atoms with Crippen LogP contribution in [0.25, 0.3) is 11.1 Å². The summed E-state index contributed by atoms with van der Waals surface area (Å²) in [6, 6.07) is 8.36. The normalized spacial score (nSPS) is 18.3. The molecule has 0 unspecified atom stereocenters. The van der Waals surface area contributed by atoms with Crippen molar-refractivity contribution in [3.63, 3.8) is 0 Å². The first kappa shape index (κ1) is 22.9. The van der Waals surface area contributed by atoms with E-state index in [1.165, 1.54) is 12.1 Å². The van der Waals surface area contributed by atoms with Gasteiger partial charge in [-0.25, -0.2) is 17.1 Å². The van der Waals surface area contributed by atoms with Gasteiger partial charge in [0.1, 0.15) is 22.4 Å². The first-order valence-corrected chi connectivity index (χ1v) is 13.0. The van der Waals surface area contributed by atoms with Gasteiger partial charge in [0.05, 0.1) is 6.26 Å². The molecule has 2 fully saturated rings. The van der Waals surface area contributed by atoms with Crippen molar-refractivity contribution in [1.82, 2.24) is 14.2 Å². The third-order valence-electron chi connectivity index (χ3n) is 7.15. The van der Waals surface area contributed by atoms with Crippen LogP contribution in [0.5, 0.6) is 0 Å². The van der Waals surface area contributed by atoms with Gasteiger partial charge in [0.25, 0.3) is 0 Å². The Morgan fingerprint density at radius 3 is 2.68 bits per heavy atom. The van der Waals surface area contributed by atoms with Gasteiger partial charge in [-0.05, 0) is 61.6 Å². The standard InChI is InChI=1S/C25H29FN4O3S/c1-17-13-20(26)6-7-23(17)28(3)18(2)29-14-21(15-29)34(31,32)30-11-8-19(9-12-30)22-16-33-24-5-4-10-27-25(22)24/h4-7,10,13,16,19,21H,2,8-9,11-12,14-15H2,1,3H3. The van der Waals surface area contributed by atoms with Crippen LogP contribution < -0.4 is 4.90 Å². The molecule has 0 N–H and O–H groups in total. The zero-order chi connectivity index (χ0) is 24.0. The molecule has 0 bridgehead atoms. The number of benzene rings is 1. The topological polar surface area (TPSA) is 69.9 Å². The van der Waals surface area contributed by atoms with E-state index in [1.54, 1.807) is 22.8 Å².